The van der Waals surface area contributed by atoms with E-state index in [1.165, 1.54) is 24.3 Å². The predicted octanol–water partition coefficient (Wildman–Crippen LogP) is 0.755. The zero-order valence-electron chi connectivity index (χ0n) is 12.3. The lowest BCUT2D eigenvalue weighted by Crippen LogP contribution is -2.45. The third-order valence-electron chi connectivity index (χ3n) is 3.84. The Bertz CT molecular complexity index is 535. The van der Waals surface area contributed by atoms with Gasteiger partial charge < -0.3 is 10.4 Å². The van der Waals surface area contributed by atoms with Crippen molar-refractivity contribution in [3.8, 4) is 0 Å². The molecule has 1 aliphatic heterocycles. The maximum Gasteiger partial charge on any atom is 0.312 e. The monoisotopic (exact) mass is 309 g/mol. The number of carbonyl (C=O) groups excluding carboxylic acids is 1. The normalized spacial score (nSPS) is 22.3. The van der Waals surface area contributed by atoms with Crippen LogP contribution in [0.1, 0.15) is 31.2 Å². The standard InChI is InChI=1S/C15H20FN3O3/c1-2-11-7-13(19-18-11)14(20)17-8-12(15(21)22)9-3-5-10(16)6-4-9/h3-6,11-13,18-19H,2,7-8H2,1H3,(H,17,20)(H,21,22). The molecule has 0 spiro atoms. The van der Waals surface area contributed by atoms with Gasteiger partial charge in [0.25, 0.3) is 0 Å². The van der Waals surface area contributed by atoms with E-state index in [0.29, 0.717) is 12.0 Å². The molecular weight excluding hydrogens is 289 g/mol. The average Bonchev–Trinajstić information content (AvgIpc) is 2.98. The minimum absolute atomic E-state index is 0.0330. The summed E-state index contributed by atoms with van der Waals surface area (Å²) in [6, 6.07) is 5.13. The summed E-state index contributed by atoms with van der Waals surface area (Å²) in [7, 11) is 0. The highest BCUT2D eigenvalue weighted by Gasteiger charge is 2.29. The summed E-state index contributed by atoms with van der Waals surface area (Å²) in [5.74, 6) is -2.63. The molecule has 1 aromatic rings. The molecule has 0 radical (unpaired) electrons. The number of amides is 1. The molecule has 1 aromatic carbocycles. The molecule has 1 fully saturated rings. The summed E-state index contributed by atoms with van der Waals surface area (Å²) in [6.07, 6.45) is 1.57. The van der Waals surface area contributed by atoms with E-state index >= 15 is 0 Å². The van der Waals surface area contributed by atoms with Crippen LogP contribution in [0, 0.1) is 5.82 Å². The average molecular weight is 309 g/mol. The molecule has 0 aliphatic carbocycles. The Morgan fingerprint density at radius 3 is 2.59 bits per heavy atom. The number of carboxylic acids is 1. The van der Waals surface area contributed by atoms with Crippen LogP contribution in [0.5, 0.6) is 0 Å². The Balaban J connectivity index is 1.93. The molecule has 7 heteroatoms. The zero-order valence-corrected chi connectivity index (χ0v) is 12.3. The highest BCUT2D eigenvalue weighted by molar-refractivity contribution is 5.83. The molecule has 4 N–H and O–H groups in total. The maximum absolute atomic E-state index is 12.9. The Hall–Kier alpha value is -1.99. The van der Waals surface area contributed by atoms with Crippen molar-refractivity contribution in [2.75, 3.05) is 6.54 Å². The Morgan fingerprint density at radius 1 is 1.36 bits per heavy atom. The van der Waals surface area contributed by atoms with Crippen LogP contribution >= 0.6 is 0 Å². The molecule has 3 unspecified atom stereocenters. The minimum atomic E-state index is -1.06. The van der Waals surface area contributed by atoms with Gasteiger partial charge in [-0.2, -0.15) is 0 Å². The van der Waals surface area contributed by atoms with Crippen LogP contribution < -0.4 is 16.2 Å². The summed E-state index contributed by atoms with van der Waals surface area (Å²) in [6.45, 7) is 1.99. The molecule has 1 saturated heterocycles. The lowest BCUT2D eigenvalue weighted by Gasteiger charge is -2.16. The van der Waals surface area contributed by atoms with Crippen molar-refractivity contribution in [3.63, 3.8) is 0 Å². The molecule has 0 bridgehead atoms. The molecule has 22 heavy (non-hydrogen) atoms. The second kappa shape index (κ2) is 7.33. The first kappa shape index (κ1) is 16.4. The molecule has 2 rings (SSSR count). The summed E-state index contributed by atoms with van der Waals surface area (Å²) in [5.41, 5.74) is 6.37. The van der Waals surface area contributed by atoms with Gasteiger partial charge in [0, 0.05) is 12.6 Å². The van der Waals surface area contributed by atoms with Crippen molar-refractivity contribution < 1.29 is 19.1 Å². The van der Waals surface area contributed by atoms with E-state index in [9.17, 15) is 19.1 Å². The highest BCUT2D eigenvalue weighted by atomic mass is 19.1. The number of hydrazine groups is 1. The third-order valence-corrected chi connectivity index (χ3v) is 3.84. The third kappa shape index (κ3) is 4.02. The molecule has 0 saturated carbocycles. The highest BCUT2D eigenvalue weighted by Crippen LogP contribution is 2.16. The van der Waals surface area contributed by atoms with Crippen LogP contribution in [0.2, 0.25) is 0 Å². The van der Waals surface area contributed by atoms with Gasteiger partial charge >= 0.3 is 5.97 Å². The Morgan fingerprint density at radius 2 is 2.05 bits per heavy atom. The molecule has 3 atom stereocenters. The molecular formula is C15H20FN3O3. The van der Waals surface area contributed by atoms with Crippen molar-refractivity contribution >= 4 is 11.9 Å². The van der Waals surface area contributed by atoms with Gasteiger partial charge in [-0.15, -0.1) is 0 Å². The zero-order chi connectivity index (χ0) is 16.1. The van der Waals surface area contributed by atoms with E-state index in [1.54, 1.807) is 0 Å². The fraction of sp³-hybridized carbons (Fsp3) is 0.467. The summed E-state index contributed by atoms with van der Waals surface area (Å²) < 4.78 is 12.9. The first-order valence-corrected chi connectivity index (χ1v) is 7.28. The molecule has 6 nitrogen and oxygen atoms in total. The van der Waals surface area contributed by atoms with Gasteiger partial charge in [0.2, 0.25) is 5.91 Å². The fourth-order valence-electron chi connectivity index (χ4n) is 2.43. The number of hydrogen-bond donors (Lipinski definition) is 4. The molecule has 1 heterocycles. The summed E-state index contributed by atoms with van der Waals surface area (Å²) >= 11 is 0. The van der Waals surface area contributed by atoms with Crippen LogP contribution in [-0.4, -0.2) is 35.6 Å². The number of benzene rings is 1. The Kier molecular flexibility index (Phi) is 5.46. The van der Waals surface area contributed by atoms with Crippen molar-refractivity contribution in [2.45, 2.75) is 37.8 Å². The van der Waals surface area contributed by atoms with E-state index in [0.717, 1.165) is 6.42 Å². The predicted molar refractivity (Wildman–Crippen MR) is 78.5 cm³/mol. The van der Waals surface area contributed by atoms with Gasteiger partial charge in [0.05, 0.1) is 5.92 Å². The van der Waals surface area contributed by atoms with Crippen molar-refractivity contribution in [1.82, 2.24) is 16.2 Å². The van der Waals surface area contributed by atoms with Crippen LogP contribution in [0.4, 0.5) is 4.39 Å². The lowest BCUT2D eigenvalue weighted by molar-refractivity contribution is -0.138. The molecule has 1 aliphatic rings. The van der Waals surface area contributed by atoms with Crippen molar-refractivity contribution in [2.24, 2.45) is 0 Å². The molecule has 120 valence electrons. The number of carboxylic acid groups (broad SMARTS) is 1. The van der Waals surface area contributed by atoms with Crippen LogP contribution in [0.25, 0.3) is 0 Å². The number of halogens is 1. The van der Waals surface area contributed by atoms with Crippen LogP contribution in [-0.2, 0) is 9.59 Å². The maximum atomic E-state index is 12.9. The number of rotatable bonds is 6. The number of aliphatic carboxylic acids is 1. The SMILES string of the molecule is CCC1CC(C(=O)NCC(C(=O)O)c2ccc(F)cc2)NN1. The quantitative estimate of drug-likeness (QED) is 0.623. The lowest BCUT2D eigenvalue weighted by atomic mass is 9.99. The number of nitrogens with one attached hydrogen (secondary N) is 3. The first-order chi connectivity index (χ1) is 10.5. The van der Waals surface area contributed by atoms with Gasteiger partial charge in [-0.3, -0.25) is 15.0 Å². The van der Waals surface area contributed by atoms with E-state index in [4.69, 9.17) is 0 Å². The summed E-state index contributed by atoms with van der Waals surface area (Å²) in [5, 5.41) is 11.9. The first-order valence-electron chi connectivity index (χ1n) is 7.28. The van der Waals surface area contributed by atoms with Crippen LogP contribution in [0.3, 0.4) is 0 Å². The molecule has 0 aromatic heterocycles. The van der Waals surface area contributed by atoms with Crippen LogP contribution in [0.15, 0.2) is 24.3 Å². The van der Waals surface area contributed by atoms with E-state index in [-0.39, 0.29) is 24.5 Å². The van der Waals surface area contributed by atoms with Crippen molar-refractivity contribution in [1.29, 1.82) is 0 Å². The van der Waals surface area contributed by atoms with E-state index in [2.05, 4.69) is 16.2 Å². The topological polar surface area (TPSA) is 90.5 Å². The van der Waals surface area contributed by atoms with Gasteiger partial charge in [-0.25, -0.2) is 9.82 Å². The number of carbonyl (C=O) groups is 2. The second-order valence-electron chi connectivity index (χ2n) is 5.37. The second-order valence-corrected chi connectivity index (χ2v) is 5.37. The van der Waals surface area contributed by atoms with Gasteiger partial charge in [0.1, 0.15) is 11.9 Å². The summed E-state index contributed by atoms with van der Waals surface area (Å²) in [4.78, 5) is 23.4. The minimum Gasteiger partial charge on any atom is -0.481 e. The largest absolute Gasteiger partial charge is 0.481 e. The van der Waals surface area contributed by atoms with Gasteiger partial charge in [-0.1, -0.05) is 19.1 Å². The van der Waals surface area contributed by atoms with Gasteiger partial charge in [-0.05, 0) is 30.5 Å². The van der Waals surface area contributed by atoms with E-state index in [1.807, 2.05) is 6.92 Å². The van der Waals surface area contributed by atoms with Crippen molar-refractivity contribution in [3.05, 3.63) is 35.6 Å². The smallest absolute Gasteiger partial charge is 0.312 e. The molecule has 1 amide bonds. The van der Waals surface area contributed by atoms with E-state index < -0.39 is 17.7 Å². The fourth-order valence-corrected chi connectivity index (χ4v) is 2.43. The number of hydrogen-bond acceptors (Lipinski definition) is 4. The van der Waals surface area contributed by atoms with Gasteiger partial charge in [0.15, 0.2) is 0 Å². The Labute approximate surface area is 128 Å².